The first-order valence-corrected chi connectivity index (χ1v) is 12.3. The Kier molecular flexibility index (Phi) is 7.96. The second-order valence-electron chi connectivity index (χ2n) is 8.57. The van der Waals surface area contributed by atoms with Crippen molar-refractivity contribution < 1.29 is 14.3 Å². The van der Waals surface area contributed by atoms with Crippen molar-refractivity contribution in [1.29, 1.82) is 0 Å². The lowest BCUT2D eigenvalue weighted by Gasteiger charge is -2.29. The number of hydrogen-bond acceptors (Lipinski definition) is 4. The summed E-state index contributed by atoms with van der Waals surface area (Å²) >= 11 is 6.06. The van der Waals surface area contributed by atoms with Crippen molar-refractivity contribution in [2.24, 2.45) is 0 Å². The van der Waals surface area contributed by atoms with Crippen LogP contribution in [0.5, 0.6) is 17.4 Å². The van der Waals surface area contributed by atoms with E-state index in [1.807, 2.05) is 73.3 Å². The summed E-state index contributed by atoms with van der Waals surface area (Å²) in [5.74, 6) is 1.65. The molecule has 4 rings (SSSR count). The first-order valence-electron chi connectivity index (χ1n) is 11.9. The second-order valence-corrected chi connectivity index (χ2v) is 9.00. The molecule has 0 saturated heterocycles. The van der Waals surface area contributed by atoms with Gasteiger partial charge in [-0.25, -0.2) is 4.68 Å². The zero-order valence-corrected chi connectivity index (χ0v) is 21.7. The van der Waals surface area contributed by atoms with Crippen LogP contribution in [0.4, 0.5) is 0 Å². The Hall–Kier alpha value is -3.77. The summed E-state index contributed by atoms with van der Waals surface area (Å²) in [6, 6.07) is 24.3. The molecule has 7 heteroatoms. The van der Waals surface area contributed by atoms with Crippen LogP contribution in [0.3, 0.4) is 0 Å². The molecule has 36 heavy (non-hydrogen) atoms. The monoisotopic (exact) mass is 503 g/mol. The van der Waals surface area contributed by atoms with E-state index in [0.717, 1.165) is 23.4 Å². The summed E-state index contributed by atoms with van der Waals surface area (Å²) in [5.41, 5.74) is 3.05. The number of carbonyl (C=O) groups excluding carboxylic acids is 1. The summed E-state index contributed by atoms with van der Waals surface area (Å²) in [5, 5.41) is 5.40. The molecule has 0 N–H and O–H groups in total. The molecule has 4 aromatic rings. The lowest BCUT2D eigenvalue weighted by Crippen LogP contribution is -2.38. The van der Waals surface area contributed by atoms with Crippen LogP contribution in [-0.4, -0.2) is 33.7 Å². The highest BCUT2D eigenvalue weighted by Gasteiger charge is 2.27. The van der Waals surface area contributed by atoms with Gasteiger partial charge in [-0.15, -0.1) is 0 Å². The zero-order chi connectivity index (χ0) is 25.7. The van der Waals surface area contributed by atoms with Crippen LogP contribution in [0.25, 0.3) is 5.69 Å². The van der Waals surface area contributed by atoms with E-state index in [0.29, 0.717) is 34.5 Å². The van der Waals surface area contributed by atoms with Crippen molar-refractivity contribution in [3.05, 3.63) is 101 Å². The van der Waals surface area contributed by atoms with Crippen molar-refractivity contribution in [2.45, 2.75) is 39.8 Å². The minimum Gasteiger partial charge on any atom is -0.493 e. The highest BCUT2D eigenvalue weighted by molar-refractivity contribution is 6.30. The van der Waals surface area contributed by atoms with Gasteiger partial charge in [-0.2, -0.15) is 5.10 Å². The molecule has 0 aliphatic heterocycles. The lowest BCUT2D eigenvalue weighted by atomic mass is 10.1. The van der Waals surface area contributed by atoms with E-state index in [4.69, 9.17) is 26.2 Å². The summed E-state index contributed by atoms with van der Waals surface area (Å²) in [6.07, 6.45) is 0.800. The first-order chi connectivity index (χ1) is 17.4. The molecule has 3 aromatic carbocycles. The van der Waals surface area contributed by atoms with Crippen molar-refractivity contribution in [1.82, 2.24) is 14.7 Å². The largest absolute Gasteiger partial charge is 0.493 e. The molecular formula is C29H30ClN3O3. The number of methoxy groups -OCH3 is 1. The summed E-state index contributed by atoms with van der Waals surface area (Å²) in [6.45, 7) is 6.38. The summed E-state index contributed by atoms with van der Waals surface area (Å²) < 4.78 is 13.8. The number of benzene rings is 3. The maximum absolute atomic E-state index is 13.6. The number of carbonyl (C=O) groups is 1. The Labute approximate surface area is 217 Å². The quantitative estimate of drug-likeness (QED) is 0.245. The number of nitrogens with zero attached hydrogens (tertiary/aromatic N) is 3. The third-order valence-electron chi connectivity index (χ3n) is 6.22. The standard InChI is InChI=1S/C29H30ClN3O3/c1-5-20(2)32(28(34)22-15-17-23(30)18-16-22)19-25-21(3)31-33(24-11-7-6-8-12-24)29(25)36-27-14-10-9-13-26(27)35-4/h6-18,20H,5,19H2,1-4H3/t20-/m1/s1. The third-order valence-corrected chi connectivity index (χ3v) is 6.47. The number of para-hydroxylation sites is 3. The molecule has 1 heterocycles. The predicted molar refractivity (Wildman–Crippen MR) is 142 cm³/mol. The number of aromatic nitrogens is 2. The van der Waals surface area contributed by atoms with Crippen LogP contribution in [0.15, 0.2) is 78.9 Å². The smallest absolute Gasteiger partial charge is 0.254 e. The molecule has 0 fully saturated rings. The Balaban J connectivity index is 1.80. The van der Waals surface area contributed by atoms with E-state index < -0.39 is 0 Å². The van der Waals surface area contributed by atoms with Gasteiger partial charge in [0.2, 0.25) is 5.88 Å². The number of amides is 1. The fourth-order valence-electron chi connectivity index (χ4n) is 3.95. The fourth-order valence-corrected chi connectivity index (χ4v) is 4.08. The van der Waals surface area contributed by atoms with E-state index in [2.05, 4.69) is 6.92 Å². The minimum atomic E-state index is -0.0730. The van der Waals surface area contributed by atoms with Crippen molar-refractivity contribution in [2.75, 3.05) is 7.11 Å². The van der Waals surface area contributed by atoms with Gasteiger partial charge >= 0.3 is 0 Å². The lowest BCUT2D eigenvalue weighted by molar-refractivity contribution is 0.0670. The van der Waals surface area contributed by atoms with Crippen LogP contribution in [0, 0.1) is 6.92 Å². The van der Waals surface area contributed by atoms with E-state index in [-0.39, 0.29) is 11.9 Å². The van der Waals surface area contributed by atoms with Crippen LogP contribution in [-0.2, 0) is 6.54 Å². The molecule has 1 amide bonds. The third kappa shape index (κ3) is 5.39. The zero-order valence-electron chi connectivity index (χ0n) is 20.9. The van der Waals surface area contributed by atoms with Crippen molar-refractivity contribution >= 4 is 17.5 Å². The van der Waals surface area contributed by atoms with Gasteiger partial charge in [0.1, 0.15) is 0 Å². The number of rotatable bonds is 9. The van der Waals surface area contributed by atoms with Crippen LogP contribution >= 0.6 is 11.6 Å². The Morgan fingerprint density at radius 3 is 2.28 bits per heavy atom. The fraction of sp³-hybridized carbons (Fsp3) is 0.241. The van der Waals surface area contributed by atoms with E-state index in [9.17, 15) is 4.79 Å². The Bertz CT molecular complexity index is 1320. The summed E-state index contributed by atoms with van der Waals surface area (Å²) in [4.78, 5) is 15.5. The average molecular weight is 504 g/mol. The van der Waals surface area contributed by atoms with Gasteiger partial charge in [-0.05, 0) is 68.8 Å². The molecule has 186 valence electrons. The van der Waals surface area contributed by atoms with E-state index >= 15 is 0 Å². The Morgan fingerprint density at radius 1 is 1.00 bits per heavy atom. The molecule has 1 atom stereocenters. The highest BCUT2D eigenvalue weighted by Crippen LogP contribution is 2.36. The van der Waals surface area contributed by atoms with Crippen molar-refractivity contribution in [3.8, 4) is 23.1 Å². The molecule has 0 unspecified atom stereocenters. The van der Waals surface area contributed by atoms with Gasteiger partial charge < -0.3 is 14.4 Å². The number of halogens is 1. The molecule has 0 spiro atoms. The second kappa shape index (κ2) is 11.3. The molecule has 0 aliphatic carbocycles. The molecule has 0 saturated carbocycles. The Morgan fingerprint density at radius 2 is 1.64 bits per heavy atom. The number of hydrogen-bond donors (Lipinski definition) is 0. The van der Waals surface area contributed by atoms with Gasteiger partial charge in [-0.1, -0.05) is 48.9 Å². The molecule has 6 nitrogen and oxygen atoms in total. The number of aryl methyl sites for hydroxylation is 1. The molecule has 1 aromatic heterocycles. The van der Waals surface area contributed by atoms with Gasteiger partial charge in [0.15, 0.2) is 11.5 Å². The molecular weight excluding hydrogens is 474 g/mol. The van der Waals surface area contributed by atoms with Crippen LogP contribution < -0.4 is 9.47 Å². The highest BCUT2D eigenvalue weighted by atomic mass is 35.5. The maximum atomic E-state index is 13.6. The van der Waals surface area contributed by atoms with Gasteiger partial charge in [0.05, 0.1) is 30.6 Å². The predicted octanol–water partition coefficient (Wildman–Crippen LogP) is 7.08. The SMILES string of the molecule is CC[C@@H](C)N(Cc1c(C)nn(-c2ccccc2)c1Oc1ccccc1OC)C(=O)c1ccc(Cl)cc1. The average Bonchev–Trinajstić information content (AvgIpc) is 3.22. The van der Waals surface area contributed by atoms with Gasteiger partial charge in [-0.3, -0.25) is 4.79 Å². The van der Waals surface area contributed by atoms with Crippen molar-refractivity contribution in [3.63, 3.8) is 0 Å². The summed E-state index contributed by atoms with van der Waals surface area (Å²) in [7, 11) is 1.61. The topological polar surface area (TPSA) is 56.6 Å². The van der Waals surface area contributed by atoms with E-state index in [1.165, 1.54) is 0 Å². The number of ether oxygens (including phenoxy) is 2. The van der Waals surface area contributed by atoms with Gasteiger partial charge in [0, 0.05) is 16.6 Å². The molecule has 0 aliphatic rings. The first kappa shape index (κ1) is 25.3. The molecule has 0 bridgehead atoms. The normalized spacial score (nSPS) is 11.7. The van der Waals surface area contributed by atoms with Crippen LogP contribution in [0.1, 0.15) is 41.9 Å². The van der Waals surface area contributed by atoms with Crippen LogP contribution in [0.2, 0.25) is 5.02 Å². The van der Waals surface area contributed by atoms with Gasteiger partial charge in [0.25, 0.3) is 5.91 Å². The van der Waals surface area contributed by atoms with E-state index in [1.54, 1.807) is 36.1 Å². The minimum absolute atomic E-state index is 0.00763. The molecule has 0 radical (unpaired) electrons. The maximum Gasteiger partial charge on any atom is 0.254 e.